The Morgan fingerprint density at radius 3 is 2.65 bits per heavy atom. The Kier molecular flexibility index (Phi) is 8.51. The first kappa shape index (κ1) is 28.7. The van der Waals surface area contributed by atoms with E-state index in [0.29, 0.717) is 41.8 Å². The second kappa shape index (κ2) is 11.8. The van der Waals surface area contributed by atoms with Gasteiger partial charge in [-0.15, -0.1) is 0 Å². The van der Waals surface area contributed by atoms with Crippen molar-refractivity contribution in [1.82, 2.24) is 19.4 Å². The van der Waals surface area contributed by atoms with E-state index >= 15 is 0 Å². The van der Waals surface area contributed by atoms with Gasteiger partial charge in [-0.3, -0.25) is 9.69 Å². The van der Waals surface area contributed by atoms with Crippen LogP contribution in [0.3, 0.4) is 0 Å². The smallest absolute Gasteiger partial charge is 0.247 e. The Bertz CT molecular complexity index is 1530. The second-order valence-electron chi connectivity index (χ2n) is 9.45. The predicted molar refractivity (Wildman–Crippen MR) is 161 cm³/mol. The third kappa shape index (κ3) is 6.30. The highest BCUT2D eigenvalue weighted by molar-refractivity contribution is 6.38. The number of ether oxygens (including phenoxy) is 1. The Balaban J connectivity index is 1.67. The summed E-state index contributed by atoms with van der Waals surface area (Å²) >= 11 is 0. The standard InChI is InChI=1S/C28H31B2N7O3/c1-6-26(38)32-21-15-22(25(40-5)16-24(21)35(2)13-14-37(4)28(29,30)39)34-27-31-12-11-20(33-27)19-17-36(3)23-10-8-7-9-18(19)23/h6-12,15-17,39H,1,13-14H2,2-5H3,(H,32,38)(H,31,33,34). The van der Waals surface area contributed by atoms with Gasteiger partial charge in [0.2, 0.25) is 11.9 Å². The minimum atomic E-state index is -1.95. The van der Waals surface area contributed by atoms with Crippen molar-refractivity contribution < 1.29 is 14.6 Å². The van der Waals surface area contributed by atoms with E-state index in [-0.39, 0.29) is 5.91 Å². The number of fused-ring (bicyclic) bond motifs is 1. The van der Waals surface area contributed by atoms with E-state index in [1.54, 1.807) is 32.5 Å². The van der Waals surface area contributed by atoms with Crippen molar-refractivity contribution in [1.29, 1.82) is 0 Å². The summed E-state index contributed by atoms with van der Waals surface area (Å²) in [6.45, 7) is 4.32. The van der Waals surface area contributed by atoms with Crippen molar-refractivity contribution >= 4 is 55.5 Å². The maximum absolute atomic E-state index is 12.3. The molecule has 0 bridgehead atoms. The number of nitrogens with one attached hydrogen (secondary N) is 2. The molecule has 1 amide bonds. The van der Waals surface area contributed by atoms with Crippen LogP contribution < -0.4 is 20.3 Å². The summed E-state index contributed by atoms with van der Waals surface area (Å²) in [4.78, 5) is 24.7. The van der Waals surface area contributed by atoms with Crippen molar-refractivity contribution in [3.05, 3.63) is 67.5 Å². The van der Waals surface area contributed by atoms with Crippen LogP contribution in [0.4, 0.5) is 23.0 Å². The fraction of sp³-hybridized carbons (Fsp3) is 0.250. The molecule has 12 heteroatoms. The van der Waals surface area contributed by atoms with Crippen molar-refractivity contribution in [3.63, 3.8) is 0 Å². The van der Waals surface area contributed by atoms with Crippen LogP contribution in [0.15, 0.2) is 67.5 Å². The molecule has 2 heterocycles. The molecular weight excluding hydrogens is 504 g/mol. The maximum Gasteiger partial charge on any atom is 0.247 e. The lowest BCUT2D eigenvalue weighted by Gasteiger charge is -2.34. The zero-order valence-corrected chi connectivity index (χ0v) is 23.0. The predicted octanol–water partition coefficient (Wildman–Crippen LogP) is 2.82. The number of amides is 1. The number of benzene rings is 2. The maximum atomic E-state index is 12.3. The van der Waals surface area contributed by atoms with E-state index in [9.17, 15) is 9.90 Å². The van der Waals surface area contributed by atoms with Crippen LogP contribution in [0, 0.1) is 0 Å². The number of para-hydroxylation sites is 1. The van der Waals surface area contributed by atoms with E-state index in [2.05, 4.69) is 38.9 Å². The lowest BCUT2D eigenvalue weighted by atomic mass is 9.72. The van der Waals surface area contributed by atoms with E-state index in [1.165, 1.54) is 11.0 Å². The molecule has 0 saturated carbocycles. The zero-order chi connectivity index (χ0) is 29.0. The molecule has 4 rings (SSSR count). The number of carbonyl (C=O) groups excluding carboxylic acids is 1. The van der Waals surface area contributed by atoms with Gasteiger partial charge in [0.15, 0.2) is 0 Å². The molecule has 0 aliphatic carbocycles. The molecule has 4 aromatic rings. The van der Waals surface area contributed by atoms with Crippen LogP contribution in [0.1, 0.15) is 0 Å². The average molecular weight is 535 g/mol. The summed E-state index contributed by atoms with van der Waals surface area (Å²) in [7, 11) is 18.1. The van der Waals surface area contributed by atoms with Crippen LogP contribution in [-0.4, -0.2) is 86.0 Å². The SMILES string of the molecule is [B]C([B])(O)N(C)CCN(C)c1cc(OC)c(Nc2nccc(-c3cn(C)c4ccccc34)n2)cc1NC(=O)C=C. The minimum absolute atomic E-state index is 0.339. The van der Waals surface area contributed by atoms with Gasteiger partial charge in [0.25, 0.3) is 0 Å². The van der Waals surface area contributed by atoms with Gasteiger partial charge >= 0.3 is 0 Å². The van der Waals surface area contributed by atoms with Crippen molar-refractivity contribution in [2.45, 2.75) is 5.52 Å². The first-order chi connectivity index (χ1) is 19.0. The van der Waals surface area contributed by atoms with Gasteiger partial charge in [0.05, 0.1) is 29.9 Å². The largest absolute Gasteiger partial charge is 0.494 e. The number of anilines is 4. The molecule has 3 N–H and O–H groups in total. The van der Waals surface area contributed by atoms with E-state index < -0.39 is 5.52 Å². The summed E-state index contributed by atoms with van der Waals surface area (Å²) in [5, 5.41) is 17.0. The van der Waals surface area contributed by atoms with Gasteiger partial charge in [-0.05, 0) is 31.3 Å². The topological polar surface area (TPSA) is 108 Å². The summed E-state index contributed by atoms with van der Waals surface area (Å²) < 4.78 is 7.74. The van der Waals surface area contributed by atoms with Crippen LogP contribution in [0.25, 0.3) is 22.2 Å². The summed E-state index contributed by atoms with van der Waals surface area (Å²) in [5.41, 5.74) is 2.60. The normalized spacial score (nSPS) is 11.4. The van der Waals surface area contributed by atoms with Gasteiger partial charge in [0, 0.05) is 67.6 Å². The summed E-state index contributed by atoms with van der Waals surface area (Å²) in [6, 6.07) is 13.5. The van der Waals surface area contributed by atoms with Gasteiger partial charge in [-0.1, -0.05) is 24.8 Å². The Morgan fingerprint density at radius 1 is 1.20 bits per heavy atom. The summed E-state index contributed by atoms with van der Waals surface area (Å²) in [6.07, 6.45) is 4.92. The highest BCUT2D eigenvalue weighted by Crippen LogP contribution is 2.38. The summed E-state index contributed by atoms with van der Waals surface area (Å²) in [5.74, 6) is 0.480. The molecule has 2 aromatic carbocycles. The number of rotatable bonds is 11. The Morgan fingerprint density at radius 2 is 1.95 bits per heavy atom. The number of carbonyl (C=O) groups is 1. The highest BCUT2D eigenvalue weighted by Gasteiger charge is 2.20. The van der Waals surface area contributed by atoms with Crippen molar-refractivity contribution in [2.24, 2.45) is 7.05 Å². The lowest BCUT2D eigenvalue weighted by Crippen LogP contribution is -2.50. The lowest BCUT2D eigenvalue weighted by molar-refractivity contribution is -0.111. The van der Waals surface area contributed by atoms with Gasteiger partial charge in [0.1, 0.15) is 21.4 Å². The Labute approximate surface area is 236 Å². The van der Waals surface area contributed by atoms with Gasteiger partial charge in [-0.2, -0.15) is 0 Å². The number of likely N-dealkylation sites (N-methyl/N-ethyl adjacent to an activating group) is 2. The van der Waals surface area contributed by atoms with Crippen LogP contribution >= 0.6 is 0 Å². The van der Waals surface area contributed by atoms with Crippen molar-refractivity contribution in [3.8, 4) is 17.0 Å². The molecule has 0 aliphatic rings. The Hall–Kier alpha value is -4.28. The molecule has 10 nitrogen and oxygen atoms in total. The van der Waals surface area contributed by atoms with Crippen LogP contribution in [0.5, 0.6) is 5.75 Å². The quantitative estimate of drug-likeness (QED) is 0.153. The molecule has 0 spiro atoms. The molecule has 0 unspecified atom stereocenters. The minimum Gasteiger partial charge on any atom is -0.494 e. The van der Waals surface area contributed by atoms with Crippen molar-refractivity contribution in [2.75, 3.05) is 49.8 Å². The number of hydrogen-bond acceptors (Lipinski definition) is 8. The average Bonchev–Trinajstić information content (AvgIpc) is 3.27. The van der Waals surface area contributed by atoms with Gasteiger partial charge < -0.3 is 29.9 Å². The second-order valence-corrected chi connectivity index (χ2v) is 9.45. The van der Waals surface area contributed by atoms with Crippen LogP contribution in [0.2, 0.25) is 0 Å². The molecular formula is C28H31B2N7O3. The molecule has 40 heavy (non-hydrogen) atoms. The molecule has 4 radical (unpaired) electrons. The molecule has 0 fully saturated rings. The van der Waals surface area contributed by atoms with Gasteiger partial charge in [-0.25, -0.2) is 9.97 Å². The molecule has 2 aromatic heterocycles. The third-order valence-corrected chi connectivity index (χ3v) is 6.63. The molecule has 0 aliphatic heterocycles. The number of methoxy groups -OCH3 is 1. The fourth-order valence-electron chi connectivity index (χ4n) is 4.27. The van der Waals surface area contributed by atoms with E-state index in [4.69, 9.17) is 25.4 Å². The number of aromatic nitrogens is 3. The molecule has 202 valence electrons. The van der Waals surface area contributed by atoms with Crippen LogP contribution in [-0.2, 0) is 11.8 Å². The number of aliphatic hydroxyl groups is 1. The third-order valence-electron chi connectivity index (χ3n) is 6.63. The molecule has 0 saturated heterocycles. The molecule has 0 atom stereocenters. The first-order valence-corrected chi connectivity index (χ1v) is 12.5. The number of aryl methyl sites for hydroxylation is 1. The number of nitrogens with zero attached hydrogens (tertiary/aromatic N) is 5. The zero-order valence-electron chi connectivity index (χ0n) is 23.0. The fourth-order valence-corrected chi connectivity index (χ4v) is 4.27. The van der Waals surface area contributed by atoms with E-state index in [1.807, 2.05) is 43.4 Å². The monoisotopic (exact) mass is 535 g/mol. The van der Waals surface area contributed by atoms with E-state index in [0.717, 1.165) is 22.2 Å². The number of hydrogen-bond donors (Lipinski definition) is 3. The highest BCUT2D eigenvalue weighted by atomic mass is 16.5. The first-order valence-electron chi connectivity index (χ1n) is 12.5.